The SMILES string of the molecule is CCCN(C(=O)C(CC(N)=O)NC(=O)OC(C)(C)C)C(C(=O)NCc1ccccc1)c1cc(C)ccc1C. The molecule has 38 heavy (non-hydrogen) atoms. The van der Waals surface area contributed by atoms with Crippen LogP contribution in [-0.2, 0) is 25.7 Å². The van der Waals surface area contributed by atoms with Crippen molar-refractivity contribution >= 4 is 23.8 Å². The van der Waals surface area contributed by atoms with Crippen molar-refractivity contribution in [1.82, 2.24) is 15.5 Å². The number of ether oxygens (including phenoxy) is 1. The topological polar surface area (TPSA) is 131 Å². The second-order valence-electron chi connectivity index (χ2n) is 10.4. The molecule has 4 N–H and O–H groups in total. The Labute approximate surface area is 225 Å². The zero-order chi connectivity index (χ0) is 28.5. The second-order valence-corrected chi connectivity index (χ2v) is 10.4. The number of benzene rings is 2. The number of rotatable bonds is 11. The Hall–Kier alpha value is -3.88. The Balaban J connectivity index is 2.49. The first kappa shape index (κ1) is 30.3. The molecule has 0 radical (unpaired) electrons. The van der Waals surface area contributed by atoms with E-state index in [2.05, 4.69) is 10.6 Å². The van der Waals surface area contributed by atoms with Gasteiger partial charge in [0, 0.05) is 13.1 Å². The van der Waals surface area contributed by atoms with Crippen molar-refractivity contribution in [3.8, 4) is 0 Å². The summed E-state index contributed by atoms with van der Waals surface area (Å²) in [5.41, 5.74) is 7.94. The molecule has 9 nitrogen and oxygen atoms in total. The van der Waals surface area contributed by atoms with E-state index in [9.17, 15) is 19.2 Å². The number of hydrogen-bond donors (Lipinski definition) is 3. The van der Waals surface area contributed by atoms with Crippen LogP contribution >= 0.6 is 0 Å². The summed E-state index contributed by atoms with van der Waals surface area (Å²) in [5.74, 6) is -1.75. The zero-order valence-corrected chi connectivity index (χ0v) is 23.2. The summed E-state index contributed by atoms with van der Waals surface area (Å²) >= 11 is 0. The Bertz CT molecular complexity index is 1130. The molecule has 0 aliphatic rings. The van der Waals surface area contributed by atoms with Crippen LogP contribution in [0.4, 0.5) is 4.79 Å². The van der Waals surface area contributed by atoms with Crippen LogP contribution in [0.15, 0.2) is 48.5 Å². The van der Waals surface area contributed by atoms with Crippen LogP contribution in [0.25, 0.3) is 0 Å². The van der Waals surface area contributed by atoms with E-state index < -0.39 is 42.0 Å². The molecule has 0 bridgehead atoms. The van der Waals surface area contributed by atoms with Crippen LogP contribution < -0.4 is 16.4 Å². The highest BCUT2D eigenvalue weighted by Gasteiger charge is 2.37. The molecule has 2 unspecified atom stereocenters. The predicted octanol–water partition coefficient (Wildman–Crippen LogP) is 3.67. The number of carbonyl (C=O) groups excluding carboxylic acids is 4. The van der Waals surface area contributed by atoms with Gasteiger partial charge in [-0.2, -0.15) is 0 Å². The molecule has 2 aromatic carbocycles. The average Bonchev–Trinajstić information content (AvgIpc) is 2.82. The van der Waals surface area contributed by atoms with E-state index in [0.717, 1.165) is 16.7 Å². The summed E-state index contributed by atoms with van der Waals surface area (Å²) < 4.78 is 5.30. The molecular weight excluding hydrogens is 484 g/mol. The fraction of sp³-hybridized carbons (Fsp3) is 0.448. The average molecular weight is 525 g/mol. The number of nitrogens with two attached hydrogens (primary N) is 1. The van der Waals surface area contributed by atoms with E-state index in [4.69, 9.17) is 10.5 Å². The van der Waals surface area contributed by atoms with E-state index in [-0.39, 0.29) is 19.0 Å². The Kier molecular flexibility index (Phi) is 10.9. The lowest BCUT2D eigenvalue weighted by Gasteiger charge is -2.35. The molecule has 0 spiro atoms. The fourth-order valence-electron chi connectivity index (χ4n) is 4.05. The van der Waals surface area contributed by atoms with Gasteiger partial charge in [0.1, 0.15) is 17.7 Å². The first-order valence-electron chi connectivity index (χ1n) is 12.8. The zero-order valence-electron chi connectivity index (χ0n) is 23.2. The number of alkyl carbamates (subject to hydrolysis) is 1. The molecule has 2 atom stereocenters. The van der Waals surface area contributed by atoms with Gasteiger partial charge < -0.3 is 26.0 Å². The van der Waals surface area contributed by atoms with Crippen LogP contribution in [-0.4, -0.2) is 46.9 Å². The lowest BCUT2D eigenvalue weighted by Crippen LogP contribution is -2.54. The molecule has 0 aliphatic heterocycles. The molecule has 0 fully saturated rings. The van der Waals surface area contributed by atoms with E-state index >= 15 is 0 Å². The van der Waals surface area contributed by atoms with Gasteiger partial charge in [0.05, 0.1) is 6.42 Å². The van der Waals surface area contributed by atoms with Gasteiger partial charge in [-0.25, -0.2) is 4.79 Å². The first-order chi connectivity index (χ1) is 17.8. The smallest absolute Gasteiger partial charge is 0.408 e. The van der Waals surface area contributed by atoms with Gasteiger partial charge in [0.15, 0.2) is 0 Å². The molecule has 0 heterocycles. The minimum Gasteiger partial charge on any atom is -0.444 e. The predicted molar refractivity (Wildman–Crippen MR) is 146 cm³/mol. The van der Waals surface area contributed by atoms with Gasteiger partial charge in [-0.05, 0) is 57.7 Å². The summed E-state index contributed by atoms with van der Waals surface area (Å²) in [5, 5.41) is 5.44. The molecule has 9 heteroatoms. The van der Waals surface area contributed by atoms with E-state index in [1.165, 1.54) is 4.90 Å². The number of nitrogens with zero attached hydrogens (tertiary/aromatic N) is 1. The van der Waals surface area contributed by atoms with Crippen LogP contribution in [0.3, 0.4) is 0 Å². The van der Waals surface area contributed by atoms with Crippen molar-refractivity contribution in [3.63, 3.8) is 0 Å². The van der Waals surface area contributed by atoms with Crippen LogP contribution in [0.2, 0.25) is 0 Å². The highest BCUT2D eigenvalue weighted by molar-refractivity contribution is 5.94. The molecule has 2 rings (SSSR count). The summed E-state index contributed by atoms with van der Waals surface area (Å²) in [4.78, 5) is 53.5. The van der Waals surface area contributed by atoms with Crippen molar-refractivity contribution in [2.45, 2.75) is 78.6 Å². The number of carbonyl (C=O) groups is 4. The van der Waals surface area contributed by atoms with Gasteiger partial charge in [-0.3, -0.25) is 14.4 Å². The Morgan fingerprint density at radius 1 is 1.03 bits per heavy atom. The number of primary amides is 1. The maximum absolute atomic E-state index is 13.9. The Morgan fingerprint density at radius 3 is 2.26 bits per heavy atom. The summed E-state index contributed by atoms with van der Waals surface area (Å²) in [6.45, 7) is 11.2. The normalized spacial score (nSPS) is 12.7. The van der Waals surface area contributed by atoms with Gasteiger partial charge in [-0.15, -0.1) is 0 Å². The van der Waals surface area contributed by atoms with Crippen LogP contribution in [0.5, 0.6) is 0 Å². The number of amides is 4. The van der Waals surface area contributed by atoms with Crippen molar-refractivity contribution in [3.05, 3.63) is 70.8 Å². The minimum absolute atomic E-state index is 0.209. The molecule has 206 valence electrons. The largest absolute Gasteiger partial charge is 0.444 e. The fourth-order valence-corrected chi connectivity index (χ4v) is 4.05. The summed E-state index contributed by atoms with van der Waals surface area (Å²) in [6, 6.07) is 12.9. The molecule has 0 saturated carbocycles. The standard InChI is InChI=1S/C29H40N4O5/c1-7-15-33(27(36)23(17-24(30)34)32-28(37)38-29(4,5)6)25(22-16-19(2)13-14-20(22)3)26(35)31-18-21-11-9-8-10-12-21/h8-14,16,23,25H,7,15,17-18H2,1-6H3,(H2,30,34)(H,31,35)(H,32,37). The van der Waals surface area contributed by atoms with Gasteiger partial charge in [-0.1, -0.05) is 61.0 Å². The number of nitrogens with one attached hydrogen (secondary N) is 2. The Morgan fingerprint density at radius 2 is 1.68 bits per heavy atom. The maximum atomic E-state index is 13.9. The van der Waals surface area contributed by atoms with Crippen molar-refractivity contribution in [1.29, 1.82) is 0 Å². The summed E-state index contributed by atoms with van der Waals surface area (Å²) in [6.07, 6.45) is -0.761. The first-order valence-corrected chi connectivity index (χ1v) is 12.8. The summed E-state index contributed by atoms with van der Waals surface area (Å²) in [7, 11) is 0. The highest BCUT2D eigenvalue weighted by Crippen LogP contribution is 2.27. The van der Waals surface area contributed by atoms with Gasteiger partial charge >= 0.3 is 6.09 Å². The lowest BCUT2D eigenvalue weighted by atomic mass is 9.95. The van der Waals surface area contributed by atoms with E-state index in [0.29, 0.717) is 12.0 Å². The van der Waals surface area contributed by atoms with Gasteiger partial charge in [0.25, 0.3) is 0 Å². The van der Waals surface area contributed by atoms with E-state index in [1.807, 2.05) is 69.3 Å². The third-order valence-electron chi connectivity index (χ3n) is 5.74. The number of aryl methyl sites for hydroxylation is 2. The monoisotopic (exact) mass is 524 g/mol. The van der Waals surface area contributed by atoms with Crippen molar-refractivity contribution in [2.75, 3.05) is 6.54 Å². The van der Waals surface area contributed by atoms with Crippen LogP contribution in [0, 0.1) is 13.8 Å². The van der Waals surface area contributed by atoms with Crippen molar-refractivity contribution < 1.29 is 23.9 Å². The molecular formula is C29H40N4O5. The van der Waals surface area contributed by atoms with E-state index in [1.54, 1.807) is 20.8 Å². The van der Waals surface area contributed by atoms with Crippen molar-refractivity contribution in [2.24, 2.45) is 5.73 Å². The van der Waals surface area contributed by atoms with Crippen LogP contribution in [0.1, 0.15) is 68.8 Å². The minimum atomic E-state index is -1.30. The molecule has 0 aromatic heterocycles. The third kappa shape index (κ3) is 9.21. The second kappa shape index (κ2) is 13.6. The lowest BCUT2D eigenvalue weighted by molar-refractivity contribution is -0.143. The third-order valence-corrected chi connectivity index (χ3v) is 5.74. The maximum Gasteiger partial charge on any atom is 0.408 e. The molecule has 0 aliphatic carbocycles. The number of hydrogen-bond acceptors (Lipinski definition) is 5. The van der Waals surface area contributed by atoms with Gasteiger partial charge in [0.2, 0.25) is 17.7 Å². The molecule has 2 aromatic rings. The quantitative estimate of drug-likeness (QED) is 0.413. The molecule has 0 saturated heterocycles. The molecule has 4 amide bonds. The highest BCUT2D eigenvalue weighted by atomic mass is 16.6.